The number of hydrogen-bond acceptors (Lipinski definition) is 4. The lowest BCUT2D eigenvalue weighted by Crippen LogP contribution is -2.10. The van der Waals surface area contributed by atoms with Gasteiger partial charge in [0, 0.05) is 24.0 Å². The molecule has 1 aromatic rings. The van der Waals surface area contributed by atoms with E-state index in [-0.39, 0.29) is 36.0 Å². The van der Waals surface area contributed by atoms with Gasteiger partial charge in [-0.05, 0) is 6.07 Å². The molecule has 0 N–H and O–H groups in total. The number of ketones is 4. The molecule has 0 aromatic heterocycles. The molecule has 0 fully saturated rings. The zero-order chi connectivity index (χ0) is 15.1. The van der Waals surface area contributed by atoms with Crippen molar-refractivity contribution < 1.29 is 19.2 Å². The van der Waals surface area contributed by atoms with Gasteiger partial charge in [-0.3, -0.25) is 19.2 Å². The summed E-state index contributed by atoms with van der Waals surface area (Å²) in [6.07, 6.45) is 0.328. The highest BCUT2D eigenvalue weighted by Gasteiger charge is 2.14. The van der Waals surface area contributed by atoms with Gasteiger partial charge in [0.1, 0.15) is 11.6 Å². The molecule has 0 amide bonds. The summed E-state index contributed by atoms with van der Waals surface area (Å²) in [5, 5.41) is 0. The standard InChI is InChI=1S/C16H18O4/c1-3-13(17)9-15(19)11-6-5-7-12(8-11)16(20)10-14(18)4-2/h5-8H,3-4,9-10H2,1-2H3. The topological polar surface area (TPSA) is 68.3 Å². The van der Waals surface area contributed by atoms with Crippen molar-refractivity contribution in [2.24, 2.45) is 0 Å². The summed E-state index contributed by atoms with van der Waals surface area (Å²) in [5.74, 6) is -0.859. The van der Waals surface area contributed by atoms with E-state index in [9.17, 15) is 19.2 Å². The van der Waals surface area contributed by atoms with Crippen LogP contribution in [0.1, 0.15) is 60.2 Å². The lowest BCUT2D eigenvalue weighted by atomic mass is 9.99. The molecule has 0 unspecified atom stereocenters. The zero-order valence-corrected chi connectivity index (χ0v) is 11.8. The number of carbonyl (C=O) groups excluding carboxylic acids is 4. The summed E-state index contributed by atoms with van der Waals surface area (Å²) < 4.78 is 0. The first-order valence-electron chi connectivity index (χ1n) is 6.67. The molecule has 106 valence electrons. The Labute approximate surface area is 118 Å². The Hall–Kier alpha value is -2.10. The molecule has 0 bridgehead atoms. The van der Waals surface area contributed by atoms with Gasteiger partial charge in [0.05, 0.1) is 12.8 Å². The zero-order valence-electron chi connectivity index (χ0n) is 11.8. The Morgan fingerprint density at radius 3 is 1.55 bits per heavy atom. The number of benzene rings is 1. The van der Waals surface area contributed by atoms with Gasteiger partial charge in [0.15, 0.2) is 11.6 Å². The number of Topliss-reactive ketones (excluding diaryl/α,β-unsaturated/α-hetero) is 4. The van der Waals surface area contributed by atoms with Crippen molar-refractivity contribution in [2.45, 2.75) is 39.5 Å². The first kappa shape index (κ1) is 16.0. The Balaban J connectivity index is 2.85. The molecular formula is C16H18O4. The second kappa shape index (κ2) is 7.48. The predicted octanol–water partition coefficient (Wildman–Crippen LogP) is 2.79. The minimum atomic E-state index is -0.298. The molecule has 0 aliphatic heterocycles. The van der Waals surface area contributed by atoms with E-state index in [1.165, 1.54) is 6.07 Å². The summed E-state index contributed by atoms with van der Waals surface area (Å²) in [5.41, 5.74) is 0.670. The van der Waals surface area contributed by atoms with Crippen molar-refractivity contribution in [3.8, 4) is 0 Å². The fourth-order valence-electron chi connectivity index (χ4n) is 1.68. The summed E-state index contributed by atoms with van der Waals surface area (Å²) in [4.78, 5) is 46.3. The van der Waals surface area contributed by atoms with Crippen LogP contribution < -0.4 is 0 Å². The first-order valence-corrected chi connectivity index (χ1v) is 6.67. The SMILES string of the molecule is CCC(=O)CC(=O)c1cccc(C(=O)CC(=O)CC)c1. The smallest absolute Gasteiger partial charge is 0.170 e. The van der Waals surface area contributed by atoms with E-state index in [0.717, 1.165) is 0 Å². The molecule has 0 saturated carbocycles. The third-order valence-corrected chi connectivity index (χ3v) is 3.01. The molecule has 4 nitrogen and oxygen atoms in total. The average Bonchev–Trinajstić information content (AvgIpc) is 2.46. The highest BCUT2D eigenvalue weighted by Crippen LogP contribution is 2.11. The maximum absolute atomic E-state index is 11.9. The van der Waals surface area contributed by atoms with E-state index >= 15 is 0 Å². The van der Waals surface area contributed by atoms with Gasteiger partial charge in [-0.1, -0.05) is 32.0 Å². The van der Waals surface area contributed by atoms with Crippen molar-refractivity contribution >= 4 is 23.1 Å². The van der Waals surface area contributed by atoms with Gasteiger partial charge in [-0.15, -0.1) is 0 Å². The fraction of sp³-hybridized carbons (Fsp3) is 0.375. The molecule has 0 saturated heterocycles. The molecule has 0 spiro atoms. The molecule has 1 aromatic carbocycles. The molecule has 0 aliphatic carbocycles. The molecule has 0 atom stereocenters. The van der Waals surface area contributed by atoms with E-state index in [1.807, 2.05) is 0 Å². The molecule has 1 rings (SSSR count). The highest BCUT2D eigenvalue weighted by atomic mass is 16.2. The van der Waals surface area contributed by atoms with E-state index in [4.69, 9.17) is 0 Å². The Kier molecular flexibility index (Phi) is 5.97. The summed E-state index contributed by atoms with van der Waals surface area (Å²) in [6, 6.07) is 6.19. The van der Waals surface area contributed by atoms with Gasteiger partial charge >= 0.3 is 0 Å². The van der Waals surface area contributed by atoms with Crippen LogP contribution in [0.4, 0.5) is 0 Å². The average molecular weight is 274 g/mol. The van der Waals surface area contributed by atoms with Gasteiger partial charge in [-0.2, -0.15) is 0 Å². The van der Waals surface area contributed by atoms with E-state index in [2.05, 4.69) is 0 Å². The van der Waals surface area contributed by atoms with E-state index in [0.29, 0.717) is 24.0 Å². The third kappa shape index (κ3) is 4.53. The normalized spacial score (nSPS) is 10.1. The number of carbonyl (C=O) groups is 4. The third-order valence-electron chi connectivity index (χ3n) is 3.01. The van der Waals surface area contributed by atoms with E-state index in [1.54, 1.807) is 32.0 Å². The molecule has 20 heavy (non-hydrogen) atoms. The van der Waals surface area contributed by atoms with E-state index < -0.39 is 0 Å². The monoisotopic (exact) mass is 274 g/mol. The highest BCUT2D eigenvalue weighted by molar-refractivity contribution is 6.11. The Morgan fingerprint density at radius 2 is 1.20 bits per heavy atom. The van der Waals surface area contributed by atoms with Crippen LogP contribution in [-0.2, 0) is 9.59 Å². The molecule has 0 aliphatic rings. The number of hydrogen-bond donors (Lipinski definition) is 0. The van der Waals surface area contributed by atoms with Crippen LogP contribution >= 0.6 is 0 Å². The van der Waals surface area contributed by atoms with Gasteiger partial charge in [0.2, 0.25) is 0 Å². The minimum absolute atomic E-state index is 0.132. The van der Waals surface area contributed by atoms with Crippen LogP contribution in [0.15, 0.2) is 24.3 Å². The lowest BCUT2D eigenvalue weighted by molar-refractivity contribution is -0.118. The Morgan fingerprint density at radius 1 is 0.800 bits per heavy atom. The summed E-state index contributed by atoms with van der Waals surface area (Å²) in [6.45, 7) is 3.40. The lowest BCUT2D eigenvalue weighted by Gasteiger charge is -2.03. The first-order chi connectivity index (χ1) is 9.47. The predicted molar refractivity (Wildman–Crippen MR) is 74.9 cm³/mol. The van der Waals surface area contributed by atoms with Crippen LogP contribution in [0.3, 0.4) is 0 Å². The van der Waals surface area contributed by atoms with Gasteiger partial charge < -0.3 is 0 Å². The molecule has 0 radical (unpaired) electrons. The van der Waals surface area contributed by atoms with Gasteiger partial charge in [0.25, 0.3) is 0 Å². The molecule has 4 heteroatoms. The second-order valence-electron chi connectivity index (χ2n) is 4.57. The van der Waals surface area contributed by atoms with Crippen molar-refractivity contribution in [3.63, 3.8) is 0 Å². The maximum atomic E-state index is 11.9. The Bertz CT molecular complexity index is 498. The summed E-state index contributed by atoms with van der Waals surface area (Å²) in [7, 11) is 0. The molecular weight excluding hydrogens is 256 g/mol. The van der Waals surface area contributed by atoms with Crippen molar-refractivity contribution in [2.75, 3.05) is 0 Å². The van der Waals surface area contributed by atoms with Crippen LogP contribution in [0.5, 0.6) is 0 Å². The van der Waals surface area contributed by atoms with Crippen LogP contribution in [0, 0.1) is 0 Å². The quantitative estimate of drug-likeness (QED) is 0.540. The molecule has 0 heterocycles. The van der Waals surface area contributed by atoms with Crippen molar-refractivity contribution in [3.05, 3.63) is 35.4 Å². The largest absolute Gasteiger partial charge is 0.299 e. The van der Waals surface area contributed by atoms with Crippen LogP contribution in [-0.4, -0.2) is 23.1 Å². The summed E-state index contributed by atoms with van der Waals surface area (Å²) >= 11 is 0. The van der Waals surface area contributed by atoms with Crippen molar-refractivity contribution in [1.29, 1.82) is 0 Å². The minimum Gasteiger partial charge on any atom is -0.299 e. The second-order valence-corrected chi connectivity index (χ2v) is 4.57. The van der Waals surface area contributed by atoms with Crippen LogP contribution in [0.25, 0.3) is 0 Å². The van der Waals surface area contributed by atoms with Crippen LogP contribution in [0.2, 0.25) is 0 Å². The number of rotatable bonds is 8. The van der Waals surface area contributed by atoms with Crippen molar-refractivity contribution in [1.82, 2.24) is 0 Å². The van der Waals surface area contributed by atoms with Gasteiger partial charge in [-0.25, -0.2) is 0 Å². The maximum Gasteiger partial charge on any atom is 0.170 e. The fourth-order valence-corrected chi connectivity index (χ4v) is 1.68.